The Kier molecular flexibility index (Phi) is 6.34. The van der Waals surface area contributed by atoms with Gasteiger partial charge in [0.05, 0.1) is 19.4 Å². The minimum atomic E-state index is -0.718. The first-order chi connectivity index (χ1) is 9.17. The van der Waals surface area contributed by atoms with Crippen LogP contribution in [0.2, 0.25) is 0 Å². The van der Waals surface area contributed by atoms with Gasteiger partial charge in [0.1, 0.15) is 0 Å². The number of benzene rings is 1. The van der Waals surface area contributed by atoms with Crippen molar-refractivity contribution in [2.75, 3.05) is 31.2 Å². The molecule has 1 aromatic carbocycles. The summed E-state index contributed by atoms with van der Waals surface area (Å²) in [6.45, 7) is 0.950. The lowest BCUT2D eigenvalue weighted by Gasteiger charge is -2.22. The normalized spacial score (nSPS) is 10.6. The van der Waals surface area contributed by atoms with Crippen LogP contribution in [0.3, 0.4) is 0 Å². The largest absolute Gasteiger partial charge is 0.395 e. The fourth-order valence-electron chi connectivity index (χ4n) is 1.55. The first-order valence-corrected chi connectivity index (χ1v) is 5.82. The zero-order chi connectivity index (χ0) is 14.1. The SMILES string of the molecule is NC(=O)NN=Cc1ccc(N(CCO)CCO)cc1. The number of aliphatic hydroxyl groups is 2. The number of amides is 2. The van der Waals surface area contributed by atoms with Crippen molar-refractivity contribution >= 4 is 17.9 Å². The molecule has 7 heteroatoms. The molecule has 0 aromatic heterocycles. The Morgan fingerprint density at radius 2 is 1.84 bits per heavy atom. The molecule has 0 saturated carbocycles. The molecule has 104 valence electrons. The third kappa shape index (κ3) is 5.36. The van der Waals surface area contributed by atoms with E-state index in [1.807, 2.05) is 29.2 Å². The van der Waals surface area contributed by atoms with E-state index < -0.39 is 6.03 Å². The van der Waals surface area contributed by atoms with E-state index in [-0.39, 0.29) is 13.2 Å². The quantitative estimate of drug-likeness (QED) is 0.393. The number of nitrogens with two attached hydrogens (primary N) is 1. The van der Waals surface area contributed by atoms with Crippen LogP contribution in [-0.4, -0.2) is 48.8 Å². The summed E-state index contributed by atoms with van der Waals surface area (Å²) < 4.78 is 0. The second-order valence-corrected chi connectivity index (χ2v) is 3.76. The van der Waals surface area contributed by atoms with Gasteiger partial charge in [0.2, 0.25) is 0 Å². The zero-order valence-electron chi connectivity index (χ0n) is 10.5. The van der Waals surface area contributed by atoms with Crippen molar-refractivity contribution in [1.29, 1.82) is 0 Å². The predicted octanol–water partition coefficient (Wildman–Crippen LogP) is -0.520. The number of carbonyl (C=O) groups is 1. The molecule has 0 aliphatic heterocycles. The second-order valence-electron chi connectivity index (χ2n) is 3.76. The molecule has 1 aromatic rings. The van der Waals surface area contributed by atoms with Crippen LogP contribution in [0.1, 0.15) is 5.56 Å². The van der Waals surface area contributed by atoms with E-state index in [1.54, 1.807) is 0 Å². The van der Waals surface area contributed by atoms with Crippen LogP contribution in [0, 0.1) is 0 Å². The Morgan fingerprint density at radius 1 is 1.26 bits per heavy atom. The highest BCUT2D eigenvalue weighted by molar-refractivity contribution is 5.82. The molecule has 0 saturated heterocycles. The van der Waals surface area contributed by atoms with Crippen LogP contribution < -0.4 is 16.1 Å². The molecule has 0 aliphatic rings. The maximum Gasteiger partial charge on any atom is 0.332 e. The van der Waals surface area contributed by atoms with Crippen LogP contribution in [0.5, 0.6) is 0 Å². The van der Waals surface area contributed by atoms with Crippen molar-refractivity contribution in [3.63, 3.8) is 0 Å². The average Bonchev–Trinajstić information content (AvgIpc) is 2.39. The van der Waals surface area contributed by atoms with E-state index in [9.17, 15) is 4.79 Å². The van der Waals surface area contributed by atoms with E-state index in [0.29, 0.717) is 13.1 Å². The highest BCUT2D eigenvalue weighted by Crippen LogP contribution is 2.14. The van der Waals surface area contributed by atoms with Gasteiger partial charge in [-0.3, -0.25) is 0 Å². The lowest BCUT2D eigenvalue weighted by Crippen LogP contribution is -2.29. The number of primary amides is 1. The van der Waals surface area contributed by atoms with Crippen LogP contribution >= 0.6 is 0 Å². The number of nitrogens with one attached hydrogen (secondary N) is 1. The molecule has 7 nitrogen and oxygen atoms in total. The van der Waals surface area contributed by atoms with Gasteiger partial charge < -0.3 is 20.8 Å². The number of hydrazone groups is 1. The number of carbonyl (C=O) groups excluding carboxylic acids is 1. The standard InChI is InChI=1S/C12H18N4O3/c13-12(19)15-14-9-10-1-3-11(4-2-10)16(5-7-17)6-8-18/h1-4,9,17-18H,5-8H2,(H3,13,15,19). The van der Waals surface area contributed by atoms with Gasteiger partial charge in [-0.1, -0.05) is 12.1 Å². The van der Waals surface area contributed by atoms with E-state index >= 15 is 0 Å². The minimum absolute atomic E-state index is 0.0196. The van der Waals surface area contributed by atoms with Gasteiger partial charge in [0, 0.05) is 18.8 Å². The van der Waals surface area contributed by atoms with E-state index in [4.69, 9.17) is 15.9 Å². The molecule has 0 heterocycles. The smallest absolute Gasteiger partial charge is 0.332 e. The van der Waals surface area contributed by atoms with Gasteiger partial charge in [-0.15, -0.1) is 0 Å². The Labute approximate surface area is 111 Å². The molecule has 0 bridgehead atoms. The molecule has 0 atom stereocenters. The summed E-state index contributed by atoms with van der Waals surface area (Å²) in [6, 6.07) is 6.59. The van der Waals surface area contributed by atoms with Gasteiger partial charge in [-0.2, -0.15) is 5.10 Å². The molecule has 0 aliphatic carbocycles. The average molecular weight is 266 g/mol. The third-order valence-electron chi connectivity index (χ3n) is 2.39. The Balaban J connectivity index is 2.68. The van der Waals surface area contributed by atoms with Crippen molar-refractivity contribution in [1.82, 2.24) is 5.43 Å². The van der Waals surface area contributed by atoms with E-state index in [0.717, 1.165) is 11.3 Å². The first-order valence-electron chi connectivity index (χ1n) is 5.82. The molecular weight excluding hydrogens is 248 g/mol. The maximum atomic E-state index is 10.4. The summed E-state index contributed by atoms with van der Waals surface area (Å²) in [7, 11) is 0. The van der Waals surface area contributed by atoms with E-state index in [2.05, 4.69) is 10.5 Å². The molecule has 0 fully saturated rings. The van der Waals surface area contributed by atoms with Gasteiger partial charge in [-0.25, -0.2) is 10.2 Å². The molecule has 0 spiro atoms. The van der Waals surface area contributed by atoms with Gasteiger partial charge in [-0.05, 0) is 17.7 Å². The molecular formula is C12H18N4O3. The number of hydrogen-bond donors (Lipinski definition) is 4. The topological polar surface area (TPSA) is 111 Å². The summed E-state index contributed by atoms with van der Waals surface area (Å²) in [4.78, 5) is 12.3. The molecule has 0 unspecified atom stereocenters. The van der Waals surface area contributed by atoms with Crippen LogP contribution in [-0.2, 0) is 0 Å². The van der Waals surface area contributed by atoms with Gasteiger partial charge in [0.25, 0.3) is 0 Å². The Bertz CT molecular complexity index is 413. The number of rotatable bonds is 7. The number of nitrogens with zero attached hydrogens (tertiary/aromatic N) is 2. The molecule has 1 rings (SSSR count). The first kappa shape index (κ1) is 14.9. The Morgan fingerprint density at radius 3 is 2.32 bits per heavy atom. The highest BCUT2D eigenvalue weighted by Gasteiger charge is 2.04. The summed E-state index contributed by atoms with van der Waals surface area (Å²) >= 11 is 0. The monoisotopic (exact) mass is 266 g/mol. The maximum absolute atomic E-state index is 10.4. The van der Waals surface area contributed by atoms with Crippen molar-refractivity contribution < 1.29 is 15.0 Å². The van der Waals surface area contributed by atoms with Gasteiger partial charge in [0.15, 0.2) is 0 Å². The van der Waals surface area contributed by atoms with Crippen LogP contribution in [0.4, 0.5) is 10.5 Å². The lowest BCUT2D eigenvalue weighted by molar-refractivity contribution is 0.249. The summed E-state index contributed by atoms with van der Waals surface area (Å²) in [5.41, 5.74) is 8.66. The summed E-state index contributed by atoms with van der Waals surface area (Å²) in [5, 5.41) is 21.5. The fourth-order valence-corrected chi connectivity index (χ4v) is 1.55. The molecule has 19 heavy (non-hydrogen) atoms. The number of aliphatic hydroxyl groups excluding tert-OH is 2. The van der Waals surface area contributed by atoms with Crippen molar-refractivity contribution in [2.45, 2.75) is 0 Å². The zero-order valence-corrected chi connectivity index (χ0v) is 10.5. The van der Waals surface area contributed by atoms with Crippen molar-refractivity contribution in [2.24, 2.45) is 10.8 Å². The van der Waals surface area contributed by atoms with Crippen molar-refractivity contribution in [3.8, 4) is 0 Å². The molecule has 2 amide bonds. The molecule has 5 N–H and O–H groups in total. The van der Waals surface area contributed by atoms with Crippen molar-refractivity contribution in [3.05, 3.63) is 29.8 Å². The lowest BCUT2D eigenvalue weighted by atomic mass is 10.2. The predicted molar refractivity (Wildman–Crippen MR) is 73.1 cm³/mol. The van der Waals surface area contributed by atoms with Crippen LogP contribution in [0.25, 0.3) is 0 Å². The van der Waals surface area contributed by atoms with Crippen LogP contribution in [0.15, 0.2) is 29.4 Å². The number of urea groups is 1. The molecule has 0 radical (unpaired) electrons. The van der Waals surface area contributed by atoms with Gasteiger partial charge >= 0.3 is 6.03 Å². The second kappa shape index (κ2) is 8.06. The third-order valence-corrected chi connectivity index (χ3v) is 2.39. The van der Waals surface area contributed by atoms with E-state index in [1.165, 1.54) is 6.21 Å². The summed E-state index contributed by atoms with van der Waals surface area (Å²) in [6.07, 6.45) is 1.47. The minimum Gasteiger partial charge on any atom is -0.395 e. The summed E-state index contributed by atoms with van der Waals surface area (Å²) in [5.74, 6) is 0. The highest BCUT2D eigenvalue weighted by atomic mass is 16.3. The number of anilines is 1. The fraction of sp³-hybridized carbons (Fsp3) is 0.333. The Hall–Kier alpha value is -2.12. The number of hydrogen-bond acceptors (Lipinski definition) is 5.